The molecule has 56 valence electrons. The molecule has 2 rings (SSSR count). The van der Waals surface area contributed by atoms with Crippen molar-refractivity contribution in [2.75, 3.05) is 0 Å². The number of aromatic nitrogens is 1. The first-order valence-corrected chi connectivity index (χ1v) is 3.82. The van der Waals surface area contributed by atoms with E-state index in [0.29, 0.717) is 0 Å². The largest absolute Gasteiger partial charge is 0.358 e. The predicted octanol–water partition coefficient (Wildman–Crippen LogP) is 2.78. The van der Waals surface area contributed by atoms with Crippen LogP contribution in [-0.2, 0) is 0 Å². The van der Waals surface area contributed by atoms with Gasteiger partial charge in [-0.05, 0) is 30.9 Å². The first-order valence-electron chi connectivity index (χ1n) is 3.82. The summed E-state index contributed by atoms with van der Waals surface area (Å²) in [5.74, 6) is 0. The van der Waals surface area contributed by atoms with Crippen LogP contribution in [0.25, 0.3) is 10.9 Å². The Bertz CT molecular complexity index is 385. The van der Waals surface area contributed by atoms with Crippen molar-refractivity contribution >= 4 is 10.9 Å². The number of aryl methyl sites for hydroxylation is 2. The van der Waals surface area contributed by atoms with E-state index < -0.39 is 0 Å². The average Bonchev–Trinajstić information content (AvgIpc) is 2.31. The van der Waals surface area contributed by atoms with Gasteiger partial charge in [0.05, 0.1) is 0 Å². The van der Waals surface area contributed by atoms with Gasteiger partial charge in [0.25, 0.3) is 0 Å². The molecule has 0 unspecified atom stereocenters. The van der Waals surface area contributed by atoms with Crippen LogP contribution in [0.4, 0.5) is 0 Å². The number of fused-ring (bicyclic) bond motifs is 1. The number of H-pyrrole nitrogens is 1. The van der Waals surface area contributed by atoms with Gasteiger partial charge < -0.3 is 4.98 Å². The number of rotatable bonds is 0. The second-order valence-corrected chi connectivity index (χ2v) is 2.99. The molecule has 11 heavy (non-hydrogen) atoms. The van der Waals surface area contributed by atoms with Gasteiger partial charge in [-0.3, -0.25) is 0 Å². The molecule has 0 aliphatic rings. The van der Waals surface area contributed by atoms with E-state index in [0.717, 1.165) is 0 Å². The van der Waals surface area contributed by atoms with Crippen molar-refractivity contribution in [1.82, 2.24) is 4.98 Å². The number of hydrogen-bond donors (Lipinski definition) is 1. The lowest BCUT2D eigenvalue weighted by Gasteiger charge is -1.92. The average molecular weight is 145 g/mol. The van der Waals surface area contributed by atoms with E-state index in [1.807, 2.05) is 0 Å². The fourth-order valence-electron chi connectivity index (χ4n) is 1.45. The zero-order valence-corrected chi connectivity index (χ0v) is 6.81. The van der Waals surface area contributed by atoms with Gasteiger partial charge in [-0.1, -0.05) is 18.2 Å². The number of para-hydroxylation sites is 1. The SMILES string of the molecule is Cc1cc2cccc(C)c2[nH]1. The molecule has 0 saturated carbocycles. The summed E-state index contributed by atoms with van der Waals surface area (Å²) in [6.07, 6.45) is 0. The Morgan fingerprint density at radius 1 is 1.18 bits per heavy atom. The zero-order valence-electron chi connectivity index (χ0n) is 6.81. The van der Waals surface area contributed by atoms with E-state index in [9.17, 15) is 0 Å². The first kappa shape index (κ1) is 6.47. The molecule has 0 spiro atoms. The van der Waals surface area contributed by atoms with Crippen molar-refractivity contribution < 1.29 is 0 Å². The minimum atomic E-state index is 1.23. The van der Waals surface area contributed by atoms with Crippen LogP contribution in [0.2, 0.25) is 0 Å². The summed E-state index contributed by atoms with van der Waals surface area (Å²) in [4.78, 5) is 3.33. The maximum Gasteiger partial charge on any atom is 0.0485 e. The lowest BCUT2D eigenvalue weighted by Crippen LogP contribution is -1.74. The molecule has 2 aromatic rings. The van der Waals surface area contributed by atoms with Crippen LogP contribution in [0, 0.1) is 13.8 Å². The molecule has 1 N–H and O–H groups in total. The highest BCUT2D eigenvalue weighted by molar-refractivity contribution is 5.83. The Hall–Kier alpha value is -1.24. The maximum absolute atomic E-state index is 3.33. The second kappa shape index (κ2) is 2.12. The van der Waals surface area contributed by atoms with Crippen LogP contribution < -0.4 is 0 Å². The van der Waals surface area contributed by atoms with Crippen molar-refractivity contribution in [3.63, 3.8) is 0 Å². The Morgan fingerprint density at radius 3 is 2.73 bits per heavy atom. The fourth-order valence-corrected chi connectivity index (χ4v) is 1.45. The predicted molar refractivity (Wildman–Crippen MR) is 47.8 cm³/mol. The summed E-state index contributed by atoms with van der Waals surface area (Å²) in [7, 11) is 0. The number of aromatic amines is 1. The van der Waals surface area contributed by atoms with Crippen molar-refractivity contribution in [2.45, 2.75) is 13.8 Å². The molecular weight excluding hydrogens is 134 g/mol. The summed E-state index contributed by atoms with van der Waals surface area (Å²) < 4.78 is 0. The van der Waals surface area contributed by atoms with Crippen LogP contribution in [0.3, 0.4) is 0 Å². The first-order chi connectivity index (χ1) is 5.27. The van der Waals surface area contributed by atoms with E-state index in [1.165, 1.54) is 22.2 Å². The standard InChI is InChI=1S/C10H11N/c1-7-4-3-5-9-6-8(2)11-10(7)9/h3-6,11H,1-2H3. The minimum absolute atomic E-state index is 1.23. The third kappa shape index (κ3) is 0.929. The highest BCUT2D eigenvalue weighted by Gasteiger charge is 1.97. The lowest BCUT2D eigenvalue weighted by molar-refractivity contribution is 1.29. The summed E-state index contributed by atoms with van der Waals surface area (Å²) >= 11 is 0. The molecule has 0 amide bonds. The normalized spacial score (nSPS) is 10.7. The molecule has 1 heterocycles. The summed E-state index contributed by atoms with van der Waals surface area (Å²) in [6.45, 7) is 4.21. The minimum Gasteiger partial charge on any atom is -0.358 e. The van der Waals surface area contributed by atoms with Gasteiger partial charge in [0.15, 0.2) is 0 Å². The van der Waals surface area contributed by atoms with Crippen molar-refractivity contribution in [1.29, 1.82) is 0 Å². The molecule has 1 aromatic carbocycles. The van der Waals surface area contributed by atoms with E-state index in [2.05, 4.69) is 43.1 Å². The third-order valence-electron chi connectivity index (χ3n) is 2.00. The zero-order chi connectivity index (χ0) is 7.84. The summed E-state index contributed by atoms with van der Waals surface area (Å²) in [5, 5.41) is 1.31. The van der Waals surface area contributed by atoms with Crippen molar-refractivity contribution in [2.24, 2.45) is 0 Å². The second-order valence-electron chi connectivity index (χ2n) is 2.99. The molecule has 1 aromatic heterocycles. The van der Waals surface area contributed by atoms with E-state index in [-0.39, 0.29) is 0 Å². The quantitative estimate of drug-likeness (QED) is 0.586. The molecule has 0 aliphatic heterocycles. The third-order valence-corrected chi connectivity index (χ3v) is 2.00. The number of nitrogens with one attached hydrogen (secondary N) is 1. The van der Waals surface area contributed by atoms with E-state index >= 15 is 0 Å². The van der Waals surface area contributed by atoms with Gasteiger partial charge in [0.1, 0.15) is 0 Å². The number of hydrogen-bond acceptors (Lipinski definition) is 0. The summed E-state index contributed by atoms with van der Waals surface area (Å²) in [5.41, 5.74) is 3.81. The fraction of sp³-hybridized carbons (Fsp3) is 0.200. The Balaban J connectivity index is 2.90. The smallest absolute Gasteiger partial charge is 0.0485 e. The van der Waals surface area contributed by atoms with Gasteiger partial charge in [0.2, 0.25) is 0 Å². The van der Waals surface area contributed by atoms with Crippen molar-refractivity contribution in [3.05, 3.63) is 35.5 Å². The van der Waals surface area contributed by atoms with E-state index in [4.69, 9.17) is 0 Å². The molecule has 1 nitrogen and oxygen atoms in total. The van der Waals surface area contributed by atoms with E-state index in [1.54, 1.807) is 0 Å². The van der Waals surface area contributed by atoms with Crippen LogP contribution in [0.5, 0.6) is 0 Å². The maximum atomic E-state index is 3.33. The van der Waals surface area contributed by atoms with Gasteiger partial charge >= 0.3 is 0 Å². The molecular formula is C10H11N. The van der Waals surface area contributed by atoms with Crippen LogP contribution >= 0.6 is 0 Å². The highest BCUT2D eigenvalue weighted by atomic mass is 14.7. The van der Waals surface area contributed by atoms with Crippen LogP contribution in [0.1, 0.15) is 11.3 Å². The van der Waals surface area contributed by atoms with Gasteiger partial charge in [0, 0.05) is 11.2 Å². The Kier molecular flexibility index (Phi) is 1.25. The molecule has 0 bridgehead atoms. The van der Waals surface area contributed by atoms with Gasteiger partial charge in [-0.15, -0.1) is 0 Å². The summed E-state index contributed by atoms with van der Waals surface area (Å²) in [6, 6.07) is 8.51. The Morgan fingerprint density at radius 2 is 2.00 bits per heavy atom. The Labute approximate surface area is 66.1 Å². The molecule has 0 saturated heterocycles. The lowest BCUT2D eigenvalue weighted by atomic mass is 10.2. The number of benzene rings is 1. The highest BCUT2D eigenvalue weighted by Crippen LogP contribution is 2.17. The molecule has 0 radical (unpaired) electrons. The molecule has 0 atom stereocenters. The molecule has 0 fully saturated rings. The topological polar surface area (TPSA) is 15.8 Å². The monoisotopic (exact) mass is 145 g/mol. The van der Waals surface area contributed by atoms with Gasteiger partial charge in [-0.25, -0.2) is 0 Å². The molecule has 1 heteroatoms. The van der Waals surface area contributed by atoms with Gasteiger partial charge in [-0.2, -0.15) is 0 Å². The molecule has 0 aliphatic carbocycles. The van der Waals surface area contributed by atoms with Crippen LogP contribution in [0.15, 0.2) is 24.3 Å². The van der Waals surface area contributed by atoms with Crippen LogP contribution in [-0.4, -0.2) is 4.98 Å². The van der Waals surface area contributed by atoms with Crippen molar-refractivity contribution in [3.8, 4) is 0 Å².